The zero-order valence-corrected chi connectivity index (χ0v) is 13.9. The minimum atomic E-state index is -0.279. The summed E-state index contributed by atoms with van der Waals surface area (Å²) in [6, 6.07) is 5.83. The molecule has 4 nitrogen and oxygen atoms in total. The molecule has 0 aliphatic heterocycles. The summed E-state index contributed by atoms with van der Waals surface area (Å²) in [5.74, 6) is 1.49. The first-order valence-electron chi connectivity index (χ1n) is 8.54. The standard InChI is InChI=1S/C19H25NO3/c1-12-3-6-17(13(2)7-12)20-18(21)11-23-19(22)10-16-9-14-4-5-15(16)8-14/h3,6-7,14-16H,4-5,8-11H2,1-2H3,(H,20,21)/t14-,15+,16+/m0/s1. The maximum atomic E-state index is 11.9. The zero-order valence-electron chi connectivity index (χ0n) is 13.9. The Morgan fingerprint density at radius 3 is 2.70 bits per heavy atom. The molecule has 2 aliphatic rings. The average molecular weight is 315 g/mol. The molecule has 2 bridgehead atoms. The summed E-state index contributed by atoms with van der Waals surface area (Å²) in [5, 5.41) is 2.80. The molecule has 23 heavy (non-hydrogen) atoms. The molecule has 0 saturated heterocycles. The lowest BCUT2D eigenvalue weighted by Gasteiger charge is -2.20. The highest BCUT2D eigenvalue weighted by Crippen LogP contribution is 2.49. The Bertz CT molecular complexity index is 611. The van der Waals surface area contributed by atoms with E-state index in [1.54, 1.807) is 0 Å². The third kappa shape index (κ3) is 3.92. The molecule has 2 saturated carbocycles. The Morgan fingerprint density at radius 1 is 1.22 bits per heavy atom. The van der Waals surface area contributed by atoms with E-state index in [1.165, 1.54) is 19.3 Å². The lowest BCUT2D eigenvalue weighted by atomic mass is 9.86. The summed E-state index contributed by atoms with van der Waals surface area (Å²) < 4.78 is 5.16. The second-order valence-electron chi connectivity index (χ2n) is 7.17. The van der Waals surface area contributed by atoms with Gasteiger partial charge in [-0.05, 0) is 62.5 Å². The molecule has 2 fully saturated rings. The predicted octanol–water partition coefficient (Wildman–Crippen LogP) is 3.61. The van der Waals surface area contributed by atoms with Crippen LogP contribution in [0.25, 0.3) is 0 Å². The van der Waals surface area contributed by atoms with E-state index in [4.69, 9.17) is 4.74 Å². The SMILES string of the molecule is Cc1ccc(NC(=O)COC(=O)C[C@H]2C[C@H]3CC[C@@H]2C3)c(C)c1. The molecule has 4 heteroatoms. The molecule has 2 aliphatic carbocycles. The van der Waals surface area contributed by atoms with E-state index in [1.807, 2.05) is 32.0 Å². The van der Waals surface area contributed by atoms with Crippen LogP contribution in [0.1, 0.15) is 43.2 Å². The van der Waals surface area contributed by atoms with Crippen molar-refractivity contribution in [3.8, 4) is 0 Å². The molecule has 3 atom stereocenters. The molecule has 1 aromatic rings. The van der Waals surface area contributed by atoms with Gasteiger partial charge >= 0.3 is 5.97 Å². The highest BCUT2D eigenvalue weighted by molar-refractivity contribution is 5.93. The topological polar surface area (TPSA) is 55.4 Å². The van der Waals surface area contributed by atoms with Crippen LogP contribution < -0.4 is 5.32 Å². The van der Waals surface area contributed by atoms with Crippen molar-refractivity contribution in [1.82, 2.24) is 0 Å². The van der Waals surface area contributed by atoms with E-state index in [2.05, 4.69) is 5.32 Å². The lowest BCUT2D eigenvalue weighted by Crippen LogP contribution is -2.23. The average Bonchev–Trinajstić information content (AvgIpc) is 3.11. The number of hydrogen-bond donors (Lipinski definition) is 1. The maximum Gasteiger partial charge on any atom is 0.306 e. The van der Waals surface area contributed by atoms with Crippen molar-refractivity contribution in [1.29, 1.82) is 0 Å². The lowest BCUT2D eigenvalue weighted by molar-refractivity contribution is -0.148. The largest absolute Gasteiger partial charge is 0.456 e. The van der Waals surface area contributed by atoms with Crippen LogP contribution in [0.15, 0.2) is 18.2 Å². The Morgan fingerprint density at radius 2 is 2.04 bits per heavy atom. The summed E-state index contributed by atoms with van der Waals surface area (Å²) in [5.41, 5.74) is 2.93. The van der Waals surface area contributed by atoms with Crippen LogP contribution in [0.5, 0.6) is 0 Å². The number of hydrogen-bond acceptors (Lipinski definition) is 3. The van der Waals surface area contributed by atoms with Crippen molar-refractivity contribution in [2.24, 2.45) is 17.8 Å². The zero-order chi connectivity index (χ0) is 16.4. The fourth-order valence-electron chi connectivity index (χ4n) is 4.19. The molecule has 1 N–H and O–H groups in total. The van der Waals surface area contributed by atoms with E-state index in [-0.39, 0.29) is 18.5 Å². The van der Waals surface area contributed by atoms with Gasteiger partial charge in [-0.2, -0.15) is 0 Å². The molecule has 0 heterocycles. The number of nitrogens with one attached hydrogen (secondary N) is 1. The molecule has 0 unspecified atom stereocenters. The van der Waals surface area contributed by atoms with Crippen molar-refractivity contribution in [3.05, 3.63) is 29.3 Å². The number of aryl methyl sites for hydroxylation is 2. The third-order valence-electron chi connectivity index (χ3n) is 5.33. The van der Waals surface area contributed by atoms with E-state index in [0.717, 1.165) is 29.2 Å². The first-order valence-corrected chi connectivity index (χ1v) is 8.54. The molecule has 124 valence electrons. The van der Waals surface area contributed by atoms with Crippen LogP contribution in [0, 0.1) is 31.6 Å². The van der Waals surface area contributed by atoms with E-state index in [0.29, 0.717) is 18.3 Å². The molecule has 0 aromatic heterocycles. The van der Waals surface area contributed by atoms with Crippen LogP contribution in [-0.2, 0) is 14.3 Å². The van der Waals surface area contributed by atoms with E-state index in [9.17, 15) is 9.59 Å². The van der Waals surface area contributed by atoms with E-state index >= 15 is 0 Å². The van der Waals surface area contributed by atoms with Crippen LogP contribution in [0.3, 0.4) is 0 Å². The minimum Gasteiger partial charge on any atom is -0.456 e. The maximum absolute atomic E-state index is 11.9. The van der Waals surface area contributed by atoms with Gasteiger partial charge in [0.15, 0.2) is 6.61 Å². The van der Waals surface area contributed by atoms with Gasteiger partial charge in [-0.3, -0.25) is 9.59 Å². The second kappa shape index (κ2) is 6.73. The van der Waals surface area contributed by atoms with Crippen LogP contribution in [0.4, 0.5) is 5.69 Å². The van der Waals surface area contributed by atoms with Gasteiger partial charge in [-0.15, -0.1) is 0 Å². The molecule has 0 radical (unpaired) electrons. The number of esters is 1. The van der Waals surface area contributed by atoms with Crippen molar-refractivity contribution >= 4 is 17.6 Å². The molecular formula is C19H25NO3. The molecule has 1 amide bonds. The van der Waals surface area contributed by atoms with Crippen LogP contribution >= 0.6 is 0 Å². The van der Waals surface area contributed by atoms with Crippen molar-refractivity contribution in [3.63, 3.8) is 0 Å². The summed E-state index contributed by atoms with van der Waals surface area (Å²) >= 11 is 0. The number of carbonyl (C=O) groups excluding carboxylic acids is 2. The van der Waals surface area contributed by atoms with Gasteiger partial charge in [-0.1, -0.05) is 24.1 Å². The van der Waals surface area contributed by atoms with Crippen LogP contribution in [0.2, 0.25) is 0 Å². The number of ether oxygens (including phenoxy) is 1. The number of carbonyl (C=O) groups is 2. The van der Waals surface area contributed by atoms with Gasteiger partial charge in [-0.25, -0.2) is 0 Å². The molecular weight excluding hydrogens is 290 g/mol. The highest BCUT2D eigenvalue weighted by atomic mass is 16.5. The number of fused-ring (bicyclic) bond motifs is 2. The van der Waals surface area contributed by atoms with Gasteiger partial charge < -0.3 is 10.1 Å². The smallest absolute Gasteiger partial charge is 0.306 e. The number of anilines is 1. The summed E-state index contributed by atoms with van der Waals surface area (Å²) in [6.07, 6.45) is 5.50. The molecule has 0 spiro atoms. The fraction of sp³-hybridized carbons (Fsp3) is 0.579. The van der Waals surface area contributed by atoms with Crippen LogP contribution in [-0.4, -0.2) is 18.5 Å². The quantitative estimate of drug-likeness (QED) is 0.845. The number of rotatable bonds is 5. The Labute approximate surface area is 137 Å². The fourth-order valence-corrected chi connectivity index (χ4v) is 4.19. The first kappa shape index (κ1) is 16.0. The predicted molar refractivity (Wildman–Crippen MR) is 89.1 cm³/mol. The van der Waals surface area contributed by atoms with E-state index < -0.39 is 0 Å². The van der Waals surface area contributed by atoms with Gasteiger partial charge in [0, 0.05) is 12.1 Å². The highest BCUT2D eigenvalue weighted by Gasteiger charge is 2.40. The van der Waals surface area contributed by atoms with Gasteiger partial charge in [0.25, 0.3) is 5.91 Å². The second-order valence-corrected chi connectivity index (χ2v) is 7.17. The molecule has 1 aromatic carbocycles. The van der Waals surface area contributed by atoms with Gasteiger partial charge in [0.2, 0.25) is 0 Å². The van der Waals surface area contributed by atoms with Gasteiger partial charge in [0.1, 0.15) is 0 Å². The van der Waals surface area contributed by atoms with Crippen molar-refractivity contribution in [2.75, 3.05) is 11.9 Å². The summed E-state index contributed by atoms with van der Waals surface area (Å²) in [6.45, 7) is 3.76. The summed E-state index contributed by atoms with van der Waals surface area (Å²) in [4.78, 5) is 23.9. The minimum absolute atomic E-state index is 0.201. The Kier molecular flexibility index (Phi) is 4.69. The van der Waals surface area contributed by atoms with Gasteiger partial charge in [0.05, 0.1) is 0 Å². The number of amides is 1. The van der Waals surface area contributed by atoms with Crippen molar-refractivity contribution < 1.29 is 14.3 Å². The third-order valence-corrected chi connectivity index (χ3v) is 5.33. The van der Waals surface area contributed by atoms with Crippen molar-refractivity contribution in [2.45, 2.75) is 46.0 Å². The Hall–Kier alpha value is -1.84. The summed E-state index contributed by atoms with van der Waals surface area (Å²) in [7, 11) is 0. The normalized spacial score (nSPS) is 25.4. The first-order chi connectivity index (χ1) is 11.0. The Balaban J connectivity index is 1.42. The number of benzene rings is 1. The monoisotopic (exact) mass is 315 g/mol. The molecule has 3 rings (SSSR count).